The number of carboxylic acid groups (broad SMARTS) is 1. The maximum atomic E-state index is 13.2. The molecule has 0 unspecified atom stereocenters. The Kier molecular flexibility index (Phi) is 7.79. The molecule has 2 N–H and O–H groups in total. The zero-order valence-electron chi connectivity index (χ0n) is 16.6. The van der Waals surface area contributed by atoms with E-state index in [1.807, 2.05) is 44.2 Å². The van der Waals surface area contributed by atoms with Crippen LogP contribution in [0.5, 0.6) is 11.5 Å². The van der Waals surface area contributed by atoms with Crippen molar-refractivity contribution in [2.75, 3.05) is 12.3 Å². The van der Waals surface area contributed by atoms with Gasteiger partial charge in [0.05, 0.1) is 5.56 Å². The lowest BCUT2D eigenvalue weighted by Gasteiger charge is -2.10. The highest BCUT2D eigenvalue weighted by atomic mass is 32.2. The van der Waals surface area contributed by atoms with Crippen LogP contribution in [0, 0.1) is 19.7 Å². The molecule has 3 aromatic carbocycles. The van der Waals surface area contributed by atoms with Crippen molar-refractivity contribution in [1.29, 1.82) is 0 Å². The molecule has 0 saturated carbocycles. The summed E-state index contributed by atoms with van der Waals surface area (Å²) in [7, 11) is 0. The van der Waals surface area contributed by atoms with E-state index in [0.717, 1.165) is 33.2 Å². The summed E-state index contributed by atoms with van der Waals surface area (Å²) >= 11 is 3.14. The fourth-order valence-electron chi connectivity index (χ4n) is 2.72. The Bertz CT molecular complexity index is 1030. The molecule has 0 aliphatic rings. The van der Waals surface area contributed by atoms with Crippen LogP contribution in [0.15, 0.2) is 70.5 Å². The van der Waals surface area contributed by atoms with E-state index in [2.05, 4.69) is 4.72 Å². The van der Waals surface area contributed by atoms with Crippen molar-refractivity contribution in [1.82, 2.24) is 4.72 Å². The van der Waals surface area contributed by atoms with Crippen molar-refractivity contribution in [3.63, 3.8) is 0 Å². The summed E-state index contributed by atoms with van der Waals surface area (Å²) in [5.74, 6) is 0.744. The van der Waals surface area contributed by atoms with Gasteiger partial charge < -0.3 is 9.84 Å². The van der Waals surface area contributed by atoms with Gasteiger partial charge in [-0.1, -0.05) is 6.07 Å². The standard InChI is InChI=1S/C23H22FNO3S2/c1-15-12-21(14-22(16(15)2)23(26)27)30-25-10-11-29-20-8-6-18(7-9-20)28-19-5-3-4-17(24)13-19/h3-9,12-14,25H,10-11H2,1-2H3,(H,26,27). The number of nitrogens with one attached hydrogen (secondary N) is 1. The first-order chi connectivity index (χ1) is 14.4. The predicted octanol–water partition coefficient (Wildman–Crippen LogP) is 6.32. The van der Waals surface area contributed by atoms with E-state index in [0.29, 0.717) is 17.1 Å². The maximum Gasteiger partial charge on any atom is 0.336 e. The van der Waals surface area contributed by atoms with Crippen molar-refractivity contribution in [2.24, 2.45) is 0 Å². The molecule has 0 aliphatic carbocycles. The van der Waals surface area contributed by atoms with Gasteiger partial charge in [-0.25, -0.2) is 9.18 Å². The van der Waals surface area contributed by atoms with Crippen molar-refractivity contribution < 1.29 is 19.0 Å². The second-order valence-corrected chi connectivity index (χ2v) is 8.73. The van der Waals surface area contributed by atoms with Crippen LogP contribution in [0.2, 0.25) is 0 Å². The molecule has 30 heavy (non-hydrogen) atoms. The predicted molar refractivity (Wildman–Crippen MR) is 120 cm³/mol. The summed E-state index contributed by atoms with van der Waals surface area (Å²) in [6.45, 7) is 4.50. The lowest BCUT2D eigenvalue weighted by atomic mass is 10.0. The molecule has 156 valence electrons. The highest BCUT2D eigenvalue weighted by Crippen LogP contribution is 2.26. The Labute approximate surface area is 184 Å². The van der Waals surface area contributed by atoms with E-state index < -0.39 is 5.97 Å². The fourth-order valence-corrected chi connectivity index (χ4v) is 4.40. The zero-order chi connectivity index (χ0) is 21.5. The molecule has 7 heteroatoms. The summed E-state index contributed by atoms with van der Waals surface area (Å²) in [5, 5.41) is 9.31. The minimum atomic E-state index is -0.904. The summed E-state index contributed by atoms with van der Waals surface area (Å²) in [5.41, 5.74) is 2.11. The highest BCUT2D eigenvalue weighted by molar-refractivity contribution is 7.99. The molecular weight excluding hydrogens is 421 g/mol. The van der Waals surface area contributed by atoms with Gasteiger partial charge in [0.25, 0.3) is 0 Å². The smallest absolute Gasteiger partial charge is 0.336 e. The molecule has 0 spiro atoms. The van der Waals surface area contributed by atoms with Gasteiger partial charge in [-0.15, -0.1) is 11.8 Å². The van der Waals surface area contributed by atoms with Crippen molar-refractivity contribution in [3.05, 3.63) is 83.2 Å². The molecule has 0 fully saturated rings. The molecule has 0 aromatic heterocycles. The number of carboxylic acids is 1. The Balaban J connectivity index is 1.44. The quantitative estimate of drug-likeness (QED) is 0.229. The molecule has 0 bridgehead atoms. The topological polar surface area (TPSA) is 58.6 Å². The number of aryl methyl sites for hydroxylation is 1. The molecule has 0 atom stereocenters. The van der Waals surface area contributed by atoms with E-state index in [-0.39, 0.29) is 5.82 Å². The average molecular weight is 444 g/mol. The summed E-state index contributed by atoms with van der Waals surface area (Å²) in [6, 6.07) is 17.4. The molecule has 0 saturated heterocycles. The molecule has 4 nitrogen and oxygen atoms in total. The van der Waals surface area contributed by atoms with Crippen LogP contribution in [0.4, 0.5) is 4.39 Å². The number of aromatic carboxylic acids is 1. The second kappa shape index (κ2) is 10.5. The molecule has 0 aliphatic heterocycles. The molecule has 3 rings (SSSR count). The van der Waals surface area contributed by atoms with Gasteiger partial charge in [0.1, 0.15) is 17.3 Å². The van der Waals surface area contributed by atoms with Crippen LogP contribution >= 0.6 is 23.7 Å². The van der Waals surface area contributed by atoms with Crippen LogP contribution in [0.25, 0.3) is 0 Å². The van der Waals surface area contributed by atoms with Crippen LogP contribution in [-0.4, -0.2) is 23.4 Å². The summed E-state index contributed by atoms with van der Waals surface area (Å²) in [4.78, 5) is 13.3. The minimum Gasteiger partial charge on any atom is -0.478 e. The van der Waals surface area contributed by atoms with Crippen LogP contribution in [-0.2, 0) is 0 Å². The third-order valence-electron chi connectivity index (χ3n) is 4.39. The normalized spacial score (nSPS) is 10.8. The first kappa shape index (κ1) is 22.2. The number of rotatable bonds is 9. The number of ether oxygens (including phenoxy) is 1. The second-order valence-electron chi connectivity index (χ2n) is 6.59. The monoisotopic (exact) mass is 443 g/mol. The van der Waals surface area contributed by atoms with Crippen molar-refractivity contribution >= 4 is 29.7 Å². The molecular formula is C23H22FNO3S2. The molecule has 0 radical (unpaired) electrons. The lowest BCUT2D eigenvalue weighted by Crippen LogP contribution is -2.08. The average Bonchev–Trinajstić information content (AvgIpc) is 2.71. The van der Waals surface area contributed by atoms with Crippen LogP contribution in [0.3, 0.4) is 0 Å². The first-order valence-corrected chi connectivity index (χ1v) is 11.1. The van der Waals surface area contributed by atoms with Gasteiger partial charge in [0.2, 0.25) is 0 Å². The summed E-state index contributed by atoms with van der Waals surface area (Å²) in [6.07, 6.45) is 0. The number of carbonyl (C=O) groups is 1. The number of halogens is 1. The zero-order valence-corrected chi connectivity index (χ0v) is 18.3. The maximum absolute atomic E-state index is 13.2. The Morgan fingerprint density at radius 1 is 1.03 bits per heavy atom. The Morgan fingerprint density at radius 2 is 1.80 bits per heavy atom. The number of hydrogen-bond donors (Lipinski definition) is 2. The number of thioether (sulfide) groups is 1. The Hall–Kier alpha value is -2.48. The van der Waals surface area contributed by atoms with E-state index in [1.54, 1.807) is 30.0 Å². The Morgan fingerprint density at radius 3 is 2.50 bits per heavy atom. The third-order valence-corrected chi connectivity index (χ3v) is 6.22. The largest absolute Gasteiger partial charge is 0.478 e. The SMILES string of the molecule is Cc1cc(SNCCSc2ccc(Oc3cccc(F)c3)cc2)cc(C(=O)O)c1C. The fraction of sp³-hybridized carbons (Fsp3) is 0.174. The van der Waals surface area contributed by atoms with Crippen LogP contribution < -0.4 is 9.46 Å². The van der Waals surface area contributed by atoms with Gasteiger partial charge in [0, 0.05) is 28.2 Å². The van der Waals surface area contributed by atoms with Crippen molar-refractivity contribution in [3.8, 4) is 11.5 Å². The van der Waals surface area contributed by atoms with Gasteiger partial charge in [-0.2, -0.15) is 0 Å². The van der Waals surface area contributed by atoms with Gasteiger partial charge in [0.15, 0.2) is 0 Å². The number of hydrogen-bond acceptors (Lipinski definition) is 5. The first-order valence-electron chi connectivity index (χ1n) is 9.33. The molecule has 0 heterocycles. The van der Waals surface area contributed by atoms with E-state index in [1.165, 1.54) is 24.1 Å². The molecule has 0 amide bonds. The van der Waals surface area contributed by atoms with Crippen molar-refractivity contribution in [2.45, 2.75) is 23.6 Å². The lowest BCUT2D eigenvalue weighted by molar-refractivity contribution is 0.0695. The van der Waals surface area contributed by atoms with Crippen LogP contribution in [0.1, 0.15) is 21.5 Å². The molecule has 3 aromatic rings. The third kappa shape index (κ3) is 6.26. The van der Waals surface area contributed by atoms with Gasteiger partial charge in [-0.05, 0) is 85.5 Å². The van der Waals surface area contributed by atoms with E-state index in [4.69, 9.17) is 4.74 Å². The highest BCUT2D eigenvalue weighted by Gasteiger charge is 2.11. The van der Waals surface area contributed by atoms with Gasteiger partial charge >= 0.3 is 5.97 Å². The van der Waals surface area contributed by atoms with E-state index >= 15 is 0 Å². The van der Waals surface area contributed by atoms with Gasteiger partial charge in [-0.3, -0.25) is 4.72 Å². The number of benzene rings is 3. The van der Waals surface area contributed by atoms with E-state index in [9.17, 15) is 14.3 Å². The minimum absolute atomic E-state index is 0.329. The summed E-state index contributed by atoms with van der Waals surface area (Å²) < 4.78 is 22.1.